The molecule has 0 amide bonds. The first-order chi connectivity index (χ1) is 8.03. The van der Waals surface area contributed by atoms with Crippen molar-refractivity contribution in [1.29, 1.82) is 0 Å². The first-order valence-electron chi connectivity index (χ1n) is 5.19. The molecule has 6 heteroatoms. The summed E-state index contributed by atoms with van der Waals surface area (Å²) in [6.45, 7) is -2.22. The number of hydrogen-bond donors (Lipinski definition) is 1. The van der Waals surface area contributed by atoms with Crippen molar-refractivity contribution in [3.8, 4) is 0 Å². The SMILES string of the molecule is [2H]C([2H])(C(O)c1ccccc1Cl)n1ncnn1. The van der Waals surface area contributed by atoms with Crippen LogP contribution in [0.25, 0.3) is 0 Å². The highest BCUT2D eigenvalue weighted by Crippen LogP contribution is 2.22. The Kier molecular flexibility index (Phi) is 2.27. The van der Waals surface area contributed by atoms with Gasteiger partial charge in [-0.3, -0.25) is 0 Å². The van der Waals surface area contributed by atoms with E-state index >= 15 is 0 Å². The number of nitrogens with zero attached hydrogens (tertiary/aromatic N) is 4. The molecule has 78 valence electrons. The van der Waals surface area contributed by atoms with E-state index in [1.807, 2.05) is 0 Å². The molecule has 0 saturated carbocycles. The van der Waals surface area contributed by atoms with Crippen LogP contribution in [0.4, 0.5) is 0 Å². The van der Waals surface area contributed by atoms with Crippen LogP contribution in [0.15, 0.2) is 30.6 Å². The molecule has 1 N–H and O–H groups in total. The highest BCUT2D eigenvalue weighted by molar-refractivity contribution is 6.31. The summed E-state index contributed by atoms with van der Waals surface area (Å²) >= 11 is 5.89. The monoisotopic (exact) mass is 226 g/mol. The minimum atomic E-state index is -2.22. The number of benzene rings is 1. The summed E-state index contributed by atoms with van der Waals surface area (Å²) in [5.74, 6) is 0. The molecular formula is C9H9ClN4O. The van der Waals surface area contributed by atoms with Gasteiger partial charge in [-0.15, -0.1) is 10.2 Å². The molecule has 0 aliphatic rings. The lowest BCUT2D eigenvalue weighted by Gasteiger charge is -2.10. The van der Waals surface area contributed by atoms with Gasteiger partial charge in [-0.2, -0.15) is 4.80 Å². The predicted molar refractivity (Wildman–Crippen MR) is 54.2 cm³/mol. The van der Waals surface area contributed by atoms with Gasteiger partial charge in [0.1, 0.15) is 6.10 Å². The van der Waals surface area contributed by atoms with Crippen molar-refractivity contribution in [2.75, 3.05) is 0 Å². The molecule has 1 aromatic heterocycles. The fourth-order valence-electron chi connectivity index (χ4n) is 1.10. The van der Waals surface area contributed by atoms with Gasteiger partial charge in [-0.25, -0.2) is 0 Å². The van der Waals surface area contributed by atoms with Crippen molar-refractivity contribution in [1.82, 2.24) is 20.2 Å². The maximum Gasteiger partial charge on any atom is 0.162 e. The van der Waals surface area contributed by atoms with Crippen LogP contribution >= 0.6 is 11.6 Å². The Balaban J connectivity index is 2.38. The van der Waals surface area contributed by atoms with Crippen LogP contribution in [0.3, 0.4) is 0 Å². The molecule has 0 saturated heterocycles. The minimum absolute atomic E-state index is 0.275. The fraction of sp³-hybridized carbons (Fsp3) is 0.222. The van der Waals surface area contributed by atoms with E-state index in [-0.39, 0.29) is 10.6 Å². The quantitative estimate of drug-likeness (QED) is 0.850. The molecule has 0 fully saturated rings. The Hall–Kier alpha value is -1.46. The molecule has 2 rings (SSSR count). The van der Waals surface area contributed by atoms with Gasteiger partial charge in [0.15, 0.2) is 6.33 Å². The lowest BCUT2D eigenvalue weighted by molar-refractivity contribution is 0.144. The molecule has 1 atom stereocenters. The average molecular weight is 227 g/mol. The molecule has 2 aromatic rings. The van der Waals surface area contributed by atoms with Gasteiger partial charge in [0, 0.05) is 10.6 Å². The molecule has 5 nitrogen and oxygen atoms in total. The summed E-state index contributed by atoms with van der Waals surface area (Å²) in [5.41, 5.74) is 0.275. The normalized spacial score (nSPS) is 15.6. The third kappa shape index (κ3) is 2.31. The van der Waals surface area contributed by atoms with Crippen LogP contribution in [0.1, 0.15) is 14.4 Å². The van der Waals surface area contributed by atoms with Crippen LogP contribution in [0.5, 0.6) is 0 Å². The first-order valence-corrected chi connectivity index (χ1v) is 4.57. The predicted octanol–water partition coefficient (Wildman–Crippen LogP) is 1.06. The fourth-order valence-corrected chi connectivity index (χ4v) is 1.34. The van der Waals surface area contributed by atoms with Gasteiger partial charge in [0.05, 0.1) is 9.24 Å². The number of aliphatic hydroxyl groups excluding tert-OH is 1. The maximum absolute atomic E-state index is 10.0. The average Bonchev–Trinajstić information content (AvgIpc) is 2.83. The van der Waals surface area contributed by atoms with Crippen molar-refractivity contribution < 1.29 is 7.85 Å². The summed E-state index contributed by atoms with van der Waals surface area (Å²) in [4.78, 5) is 0.709. The Morgan fingerprint density at radius 2 is 2.33 bits per heavy atom. The van der Waals surface area contributed by atoms with Crippen molar-refractivity contribution in [3.63, 3.8) is 0 Å². The van der Waals surface area contributed by atoms with E-state index in [1.165, 1.54) is 0 Å². The van der Waals surface area contributed by atoms with Crippen molar-refractivity contribution in [2.45, 2.75) is 12.6 Å². The zero-order valence-corrected chi connectivity index (χ0v) is 8.33. The van der Waals surface area contributed by atoms with Gasteiger partial charge in [0.2, 0.25) is 0 Å². The maximum atomic E-state index is 10.0. The van der Waals surface area contributed by atoms with E-state index in [9.17, 15) is 5.11 Å². The van der Waals surface area contributed by atoms with E-state index in [4.69, 9.17) is 14.3 Å². The molecule has 0 bridgehead atoms. The van der Waals surface area contributed by atoms with Crippen LogP contribution in [0.2, 0.25) is 5.02 Å². The second-order valence-corrected chi connectivity index (χ2v) is 3.19. The third-order valence-electron chi connectivity index (χ3n) is 1.79. The lowest BCUT2D eigenvalue weighted by atomic mass is 10.1. The number of aliphatic hydroxyl groups is 1. The first kappa shape index (κ1) is 7.78. The van der Waals surface area contributed by atoms with Gasteiger partial charge in [0.25, 0.3) is 0 Å². The van der Waals surface area contributed by atoms with Crippen molar-refractivity contribution in [3.05, 3.63) is 41.2 Å². The number of rotatable bonds is 3. The third-order valence-corrected chi connectivity index (χ3v) is 2.13. The topological polar surface area (TPSA) is 63.8 Å². The number of aromatic nitrogens is 4. The molecule has 1 unspecified atom stereocenters. The highest BCUT2D eigenvalue weighted by atomic mass is 35.5. The smallest absolute Gasteiger partial charge is 0.162 e. The van der Waals surface area contributed by atoms with E-state index in [0.717, 1.165) is 6.33 Å². The van der Waals surface area contributed by atoms with E-state index in [1.54, 1.807) is 24.3 Å². The lowest BCUT2D eigenvalue weighted by Crippen LogP contribution is -2.11. The van der Waals surface area contributed by atoms with Crippen LogP contribution < -0.4 is 0 Å². The van der Waals surface area contributed by atoms with Gasteiger partial charge in [-0.1, -0.05) is 29.8 Å². The Bertz CT molecular complexity index is 505. The van der Waals surface area contributed by atoms with E-state index < -0.39 is 12.6 Å². The molecule has 1 aromatic carbocycles. The van der Waals surface area contributed by atoms with Crippen LogP contribution in [0, 0.1) is 0 Å². The minimum Gasteiger partial charge on any atom is -0.386 e. The number of tetrazole rings is 1. The molecule has 0 spiro atoms. The van der Waals surface area contributed by atoms with E-state index in [2.05, 4.69) is 15.4 Å². The van der Waals surface area contributed by atoms with Crippen LogP contribution in [-0.2, 0) is 6.50 Å². The molecule has 0 aliphatic heterocycles. The summed E-state index contributed by atoms with van der Waals surface area (Å²) in [5, 5.41) is 20.7. The zero-order chi connectivity index (χ0) is 12.5. The standard InChI is InChI=1S/C9H9ClN4O/c10-8-4-2-1-3-7(8)9(15)5-14-12-6-11-13-14/h1-4,6,9,15H,5H2/i5D2. The van der Waals surface area contributed by atoms with Crippen LogP contribution in [-0.4, -0.2) is 25.3 Å². The molecule has 15 heavy (non-hydrogen) atoms. The van der Waals surface area contributed by atoms with Gasteiger partial charge < -0.3 is 5.11 Å². The second kappa shape index (κ2) is 4.37. The number of halogens is 1. The zero-order valence-electron chi connectivity index (χ0n) is 9.58. The Morgan fingerprint density at radius 1 is 1.53 bits per heavy atom. The molecule has 0 radical (unpaired) electrons. The molecular weight excluding hydrogens is 216 g/mol. The summed E-state index contributed by atoms with van der Waals surface area (Å²) in [6.07, 6.45) is -0.387. The molecule has 1 heterocycles. The summed E-state index contributed by atoms with van der Waals surface area (Å²) in [7, 11) is 0. The van der Waals surface area contributed by atoms with Gasteiger partial charge >= 0.3 is 0 Å². The largest absolute Gasteiger partial charge is 0.386 e. The van der Waals surface area contributed by atoms with E-state index in [0.29, 0.717) is 4.80 Å². The van der Waals surface area contributed by atoms with Crippen molar-refractivity contribution in [2.24, 2.45) is 0 Å². The summed E-state index contributed by atoms with van der Waals surface area (Å²) in [6, 6.07) is 6.48. The van der Waals surface area contributed by atoms with Gasteiger partial charge in [-0.05, 0) is 11.3 Å². The Morgan fingerprint density at radius 3 is 3.00 bits per heavy atom. The second-order valence-electron chi connectivity index (χ2n) is 2.78. The van der Waals surface area contributed by atoms with Crippen molar-refractivity contribution >= 4 is 11.6 Å². The Labute approximate surface area is 94.1 Å². The number of hydrogen-bond acceptors (Lipinski definition) is 4. The highest BCUT2D eigenvalue weighted by Gasteiger charge is 2.12. The summed E-state index contributed by atoms with van der Waals surface area (Å²) < 4.78 is 15.6. The molecule has 0 aliphatic carbocycles.